The summed E-state index contributed by atoms with van der Waals surface area (Å²) in [7, 11) is 0. The van der Waals surface area contributed by atoms with Gasteiger partial charge in [0.25, 0.3) is 0 Å². The van der Waals surface area contributed by atoms with Crippen molar-refractivity contribution in [3.05, 3.63) is 72.9 Å². The van der Waals surface area contributed by atoms with E-state index in [0.717, 1.165) is 57.8 Å². The normalized spacial score (nSPS) is 14.0. The van der Waals surface area contributed by atoms with Crippen molar-refractivity contribution in [2.45, 2.75) is 232 Å². The predicted octanol–water partition coefficient (Wildman–Crippen LogP) is 13.8. The number of unbranched alkanes of at least 4 members (excludes halogenated alkanes) is 22. The summed E-state index contributed by atoms with van der Waals surface area (Å²) < 4.78 is 5.87. The van der Waals surface area contributed by atoms with E-state index in [4.69, 9.17) is 4.74 Å². The van der Waals surface area contributed by atoms with Gasteiger partial charge in [0.05, 0.1) is 25.2 Å². The summed E-state index contributed by atoms with van der Waals surface area (Å²) in [6.07, 6.45) is 55.3. The third kappa shape index (κ3) is 39.9. The molecule has 0 aliphatic carbocycles. The van der Waals surface area contributed by atoms with E-state index >= 15 is 0 Å². The first-order valence-corrected chi connectivity index (χ1v) is 23.7. The molecule has 6 heteroatoms. The quantitative estimate of drug-likeness (QED) is 0.0325. The highest BCUT2D eigenvalue weighted by Crippen LogP contribution is 2.17. The first kappa shape index (κ1) is 54.3. The Hall–Kier alpha value is -2.70. The van der Waals surface area contributed by atoms with Crippen LogP contribution in [0.1, 0.15) is 213 Å². The van der Waals surface area contributed by atoms with Gasteiger partial charge in [-0.25, -0.2) is 0 Å². The smallest absolute Gasteiger partial charge is 0.306 e. The minimum absolute atomic E-state index is 0.0257. The summed E-state index contributed by atoms with van der Waals surface area (Å²) in [5.41, 5.74) is 0. The van der Waals surface area contributed by atoms with E-state index in [-0.39, 0.29) is 24.9 Å². The number of hydrogen-bond acceptors (Lipinski definition) is 5. The van der Waals surface area contributed by atoms with Crippen LogP contribution in [0.3, 0.4) is 0 Å². The van der Waals surface area contributed by atoms with Crippen molar-refractivity contribution in [1.82, 2.24) is 5.32 Å². The van der Waals surface area contributed by atoms with E-state index < -0.39 is 18.2 Å². The number of hydrogen-bond donors (Lipinski definition) is 3. The van der Waals surface area contributed by atoms with E-state index in [1.165, 1.54) is 109 Å². The Morgan fingerprint density at radius 2 is 0.947 bits per heavy atom. The summed E-state index contributed by atoms with van der Waals surface area (Å²) in [5, 5.41) is 23.6. The number of carbonyl (C=O) groups excluding carboxylic acids is 2. The molecule has 0 radical (unpaired) electrons. The molecule has 0 saturated carbocycles. The molecule has 6 nitrogen and oxygen atoms in total. The highest BCUT2D eigenvalue weighted by molar-refractivity contribution is 5.77. The molecule has 0 saturated heterocycles. The molecule has 0 heterocycles. The van der Waals surface area contributed by atoms with E-state index in [1.54, 1.807) is 0 Å². The van der Waals surface area contributed by atoms with Crippen LogP contribution in [0, 0.1) is 0 Å². The van der Waals surface area contributed by atoms with Gasteiger partial charge in [-0.05, 0) is 38.5 Å². The van der Waals surface area contributed by atoms with Crippen LogP contribution >= 0.6 is 0 Å². The molecule has 0 aromatic carbocycles. The lowest BCUT2D eigenvalue weighted by atomic mass is 10.0. The van der Waals surface area contributed by atoms with Gasteiger partial charge in [0.2, 0.25) is 5.91 Å². The van der Waals surface area contributed by atoms with Crippen molar-refractivity contribution in [2.75, 3.05) is 6.61 Å². The van der Waals surface area contributed by atoms with Crippen molar-refractivity contribution < 1.29 is 24.5 Å². The Morgan fingerprint density at radius 1 is 0.526 bits per heavy atom. The summed E-state index contributed by atoms with van der Waals surface area (Å²) in [6, 6.07) is -0.725. The number of aliphatic hydroxyl groups excluding tert-OH is 2. The third-order valence-corrected chi connectivity index (χ3v) is 10.5. The largest absolute Gasteiger partial charge is 0.462 e. The second-order valence-electron chi connectivity index (χ2n) is 15.9. The number of amides is 1. The molecule has 0 spiro atoms. The first-order chi connectivity index (χ1) is 28.0. The highest BCUT2D eigenvalue weighted by Gasteiger charge is 2.24. The van der Waals surface area contributed by atoms with Gasteiger partial charge in [0.1, 0.15) is 6.10 Å². The molecule has 0 fully saturated rings. The van der Waals surface area contributed by atoms with Crippen LogP contribution in [0.4, 0.5) is 0 Å². The molecule has 3 atom stereocenters. The van der Waals surface area contributed by atoms with Crippen LogP contribution in [0.2, 0.25) is 0 Å². The Bertz CT molecular complexity index is 1070. The van der Waals surface area contributed by atoms with Crippen LogP contribution in [-0.4, -0.2) is 46.9 Å². The fraction of sp³-hybridized carbons (Fsp3) is 0.725. The van der Waals surface area contributed by atoms with Crippen molar-refractivity contribution in [2.24, 2.45) is 0 Å². The van der Waals surface area contributed by atoms with Crippen LogP contribution < -0.4 is 5.32 Å². The summed E-state index contributed by atoms with van der Waals surface area (Å²) in [5.74, 6) is -0.551. The van der Waals surface area contributed by atoms with Gasteiger partial charge in [-0.1, -0.05) is 235 Å². The lowest BCUT2D eigenvalue weighted by molar-refractivity contribution is -0.151. The fourth-order valence-electron chi connectivity index (χ4n) is 6.88. The zero-order valence-corrected chi connectivity index (χ0v) is 37.2. The van der Waals surface area contributed by atoms with Gasteiger partial charge in [-0.3, -0.25) is 9.59 Å². The van der Waals surface area contributed by atoms with Gasteiger partial charge < -0.3 is 20.3 Å². The Balaban J connectivity index is 4.77. The predicted molar refractivity (Wildman–Crippen MR) is 245 cm³/mol. The lowest BCUT2D eigenvalue weighted by Crippen LogP contribution is -2.46. The molecule has 0 aromatic rings. The minimum Gasteiger partial charge on any atom is -0.462 e. The van der Waals surface area contributed by atoms with Crippen molar-refractivity contribution >= 4 is 11.9 Å². The summed E-state index contributed by atoms with van der Waals surface area (Å²) in [4.78, 5) is 26.0. The van der Waals surface area contributed by atoms with Crippen molar-refractivity contribution in [1.29, 1.82) is 0 Å². The van der Waals surface area contributed by atoms with Gasteiger partial charge in [0.15, 0.2) is 0 Å². The molecule has 0 aliphatic heterocycles. The zero-order chi connectivity index (χ0) is 41.7. The van der Waals surface area contributed by atoms with Crippen LogP contribution in [0.15, 0.2) is 72.9 Å². The number of ether oxygens (including phenoxy) is 1. The average molecular weight is 796 g/mol. The van der Waals surface area contributed by atoms with E-state index in [2.05, 4.69) is 38.2 Å². The molecule has 1 amide bonds. The van der Waals surface area contributed by atoms with Crippen molar-refractivity contribution in [3.8, 4) is 0 Å². The monoisotopic (exact) mass is 796 g/mol. The average Bonchev–Trinajstić information content (AvgIpc) is 3.20. The molecule has 3 unspecified atom stereocenters. The molecule has 0 aliphatic rings. The maximum Gasteiger partial charge on any atom is 0.306 e. The molecule has 57 heavy (non-hydrogen) atoms. The maximum atomic E-state index is 13.1. The molecule has 0 aromatic heterocycles. The number of rotatable bonds is 41. The Kier molecular flexibility index (Phi) is 42.3. The number of allylic oxidation sites excluding steroid dienone is 12. The number of carbonyl (C=O) groups is 2. The molecular weight excluding hydrogens is 707 g/mol. The van der Waals surface area contributed by atoms with Crippen LogP contribution in [0.25, 0.3) is 0 Å². The molecule has 3 N–H and O–H groups in total. The van der Waals surface area contributed by atoms with E-state index in [1.807, 2.05) is 60.8 Å². The summed E-state index contributed by atoms with van der Waals surface area (Å²) >= 11 is 0. The molecule has 0 bridgehead atoms. The first-order valence-electron chi connectivity index (χ1n) is 23.7. The molecular formula is C51H89NO5. The second-order valence-corrected chi connectivity index (χ2v) is 15.9. The van der Waals surface area contributed by atoms with Crippen LogP contribution in [0.5, 0.6) is 0 Å². The lowest BCUT2D eigenvalue weighted by Gasteiger charge is -2.24. The topological polar surface area (TPSA) is 95.9 Å². The zero-order valence-electron chi connectivity index (χ0n) is 37.2. The van der Waals surface area contributed by atoms with E-state index in [0.29, 0.717) is 19.3 Å². The van der Waals surface area contributed by atoms with Crippen LogP contribution in [-0.2, 0) is 14.3 Å². The standard InChI is InChI=1S/C51H89NO5/c1-4-7-10-13-16-19-22-24-25-26-28-30-33-36-39-42-47(57-51(56)44-41-38-35-32-29-23-20-17-14-11-8-5-2)45-50(55)52-48(46-53)49(54)43-40-37-34-31-27-21-18-15-12-9-6-3/h7,10,13,16,19,22,24-26,28,30,33,47-49,53-54H,4-6,8-9,11-12,14-15,17-18,20-21,23,27,29,31-32,34-46H2,1-3H3,(H,52,55)/b10-7-,16-13+,22-19+,25-24-,28-26+,33-30+. The second kappa shape index (κ2) is 44.4. The van der Waals surface area contributed by atoms with Gasteiger partial charge in [-0.2, -0.15) is 0 Å². The highest BCUT2D eigenvalue weighted by atomic mass is 16.5. The number of aliphatic hydroxyl groups is 2. The Morgan fingerprint density at radius 3 is 1.40 bits per heavy atom. The van der Waals surface area contributed by atoms with E-state index in [9.17, 15) is 19.8 Å². The SMILES string of the molecule is CC\C=C/C=C/C=C/C=C\C=C\C=C\CCCC(CC(=O)NC(CO)C(O)CCCCCCCCCCCCC)OC(=O)CCCCCCCCCCCCCC. The summed E-state index contributed by atoms with van der Waals surface area (Å²) in [6.45, 7) is 6.29. The fourth-order valence-corrected chi connectivity index (χ4v) is 6.88. The number of esters is 1. The minimum atomic E-state index is -0.807. The molecule has 0 rings (SSSR count). The molecule has 328 valence electrons. The third-order valence-electron chi connectivity index (χ3n) is 10.5. The maximum absolute atomic E-state index is 13.1. The Labute approximate surface area is 351 Å². The number of nitrogens with one attached hydrogen (secondary N) is 1. The van der Waals surface area contributed by atoms with Crippen molar-refractivity contribution in [3.63, 3.8) is 0 Å². The van der Waals surface area contributed by atoms with Gasteiger partial charge in [-0.15, -0.1) is 0 Å². The van der Waals surface area contributed by atoms with Gasteiger partial charge in [0, 0.05) is 6.42 Å². The van der Waals surface area contributed by atoms with Gasteiger partial charge >= 0.3 is 5.97 Å².